The SMILES string of the molecule is C=C[C@H]1C[C@]1(NC(=O)[C@@H]1C[C@@H]2CN1C(=O)[C@H](C(C)(C)C)CC(=O)OCCC/C=C/c1ccc3ccnc(c3c1)O2)C(=O)NS(=O)(=O)N(C)Cc1ccccc1. The fraction of sp³-hybridized carbons (Fsp3) is 0.439. The highest BCUT2D eigenvalue weighted by molar-refractivity contribution is 7.87. The number of ether oxygens (including phenoxy) is 2. The zero-order chi connectivity index (χ0) is 39.5. The summed E-state index contributed by atoms with van der Waals surface area (Å²) in [6, 6.07) is 15.6. The summed E-state index contributed by atoms with van der Waals surface area (Å²) in [4.78, 5) is 61.8. The Morgan fingerprint density at radius 1 is 1.13 bits per heavy atom. The summed E-state index contributed by atoms with van der Waals surface area (Å²) in [5, 5.41) is 4.48. The van der Waals surface area contributed by atoms with Gasteiger partial charge in [0.15, 0.2) is 0 Å². The van der Waals surface area contributed by atoms with Gasteiger partial charge in [-0.15, -0.1) is 6.58 Å². The van der Waals surface area contributed by atoms with Gasteiger partial charge in [-0.25, -0.2) is 9.71 Å². The molecule has 2 N–H and O–H groups in total. The molecule has 0 spiro atoms. The molecule has 1 aliphatic carbocycles. The maximum absolute atomic E-state index is 14.6. The number of rotatable bonds is 8. The van der Waals surface area contributed by atoms with Crippen molar-refractivity contribution in [2.45, 2.75) is 77.1 Å². The second kappa shape index (κ2) is 16.0. The molecule has 2 fully saturated rings. The molecule has 2 aliphatic heterocycles. The molecule has 13 nitrogen and oxygen atoms in total. The van der Waals surface area contributed by atoms with Gasteiger partial charge < -0.3 is 19.7 Å². The largest absolute Gasteiger partial charge is 0.472 e. The number of cyclic esters (lactones) is 1. The summed E-state index contributed by atoms with van der Waals surface area (Å²) < 4.78 is 41.8. The van der Waals surface area contributed by atoms with E-state index >= 15 is 0 Å². The number of nitrogens with zero attached hydrogens (tertiary/aromatic N) is 3. The number of esters is 1. The van der Waals surface area contributed by atoms with Gasteiger partial charge in [0.05, 0.1) is 25.5 Å². The van der Waals surface area contributed by atoms with Crippen molar-refractivity contribution >= 4 is 50.7 Å². The molecule has 292 valence electrons. The number of benzene rings is 2. The first kappa shape index (κ1) is 39.6. The van der Waals surface area contributed by atoms with Crippen molar-refractivity contribution in [1.29, 1.82) is 0 Å². The van der Waals surface area contributed by atoms with Crippen LogP contribution in [0.4, 0.5) is 0 Å². The molecular formula is C41H49N5O8S. The monoisotopic (exact) mass is 771 g/mol. The van der Waals surface area contributed by atoms with Crippen LogP contribution in [0.3, 0.4) is 0 Å². The molecular weight excluding hydrogens is 723 g/mol. The molecule has 1 saturated carbocycles. The van der Waals surface area contributed by atoms with Gasteiger partial charge in [0.2, 0.25) is 17.7 Å². The Morgan fingerprint density at radius 3 is 2.60 bits per heavy atom. The van der Waals surface area contributed by atoms with Crippen molar-refractivity contribution in [3.05, 3.63) is 90.7 Å². The Morgan fingerprint density at radius 2 is 1.89 bits per heavy atom. The van der Waals surface area contributed by atoms with Crippen LogP contribution in [0.15, 0.2) is 79.5 Å². The Kier molecular flexibility index (Phi) is 11.5. The van der Waals surface area contributed by atoms with Crippen LogP contribution in [0, 0.1) is 17.3 Å². The van der Waals surface area contributed by atoms with Crippen LogP contribution in [-0.4, -0.2) is 84.2 Å². The van der Waals surface area contributed by atoms with Gasteiger partial charge in [-0.1, -0.05) is 81.5 Å². The Balaban J connectivity index is 1.29. The van der Waals surface area contributed by atoms with E-state index in [1.54, 1.807) is 30.5 Å². The first-order valence-corrected chi connectivity index (χ1v) is 20.0. The molecule has 1 saturated heterocycles. The third-order valence-corrected chi connectivity index (χ3v) is 12.0. The number of allylic oxidation sites excluding steroid dienone is 1. The average molecular weight is 772 g/mol. The summed E-state index contributed by atoms with van der Waals surface area (Å²) in [6.45, 7) is 9.56. The lowest BCUT2D eigenvalue weighted by Gasteiger charge is -2.35. The molecule has 3 amide bonds. The van der Waals surface area contributed by atoms with Gasteiger partial charge in [-0.2, -0.15) is 12.7 Å². The topological polar surface area (TPSA) is 164 Å². The summed E-state index contributed by atoms with van der Waals surface area (Å²) in [6.07, 6.45) is 7.69. The van der Waals surface area contributed by atoms with Crippen LogP contribution in [0.5, 0.6) is 5.88 Å². The average Bonchev–Trinajstić information content (AvgIpc) is 3.70. The van der Waals surface area contributed by atoms with Crippen molar-refractivity contribution in [2.75, 3.05) is 20.2 Å². The third-order valence-electron chi connectivity index (χ3n) is 10.6. The predicted octanol–water partition coefficient (Wildman–Crippen LogP) is 4.54. The van der Waals surface area contributed by atoms with E-state index in [0.29, 0.717) is 18.7 Å². The van der Waals surface area contributed by atoms with Gasteiger partial charge in [0, 0.05) is 37.5 Å². The van der Waals surface area contributed by atoms with E-state index in [9.17, 15) is 27.6 Å². The minimum atomic E-state index is -4.31. The van der Waals surface area contributed by atoms with Gasteiger partial charge in [0.1, 0.15) is 17.7 Å². The van der Waals surface area contributed by atoms with E-state index in [0.717, 1.165) is 26.2 Å². The lowest BCUT2D eigenvalue weighted by molar-refractivity contribution is -0.153. The molecule has 4 bridgehead atoms. The highest BCUT2D eigenvalue weighted by Gasteiger charge is 2.61. The van der Waals surface area contributed by atoms with Crippen LogP contribution in [0.1, 0.15) is 64.0 Å². The highest BCUT2D eigenvalue weighted by atomic mass is 32.2. The first-order chi connectivity index (χ1) is 26.1. The quantitative estimate of drug-likeness (QED) is 0.247. The molecule has 3 aliphatic rings. The number of pyridine rings is 1. The van der Waals surface area contributed by atoms with Gasteiger partial charge in [-0.05, 0) is 53.3 Å². The minimum Gasteiger partial charge on any atom is -0.472 e. The van der Waals surface area contributed by atoms with Gasteiger partial charge in [-0.3, -0.25) is 19.2 Å². The molecule has 5 atom stereocenters. The Labute approximate surface area is 322 Å². The number of aromatic nitrogens is 1. The van der Waals surface area contributed by atoms with Crippen molar-refractivity contribution < 1.29 is 37.1 Å². The number of nitrogens with one attached hydrogen (secondary N) is 2. The van der Waals surface area contributed by atoms with E-state index in [4.69, 9.17) is 9.47 Å². The second-order valence-corrected chi connectivity index (χ2v) is 17.4. The van der Waals surface area contributed by atoms with E-state index in [1.165, 1.54) is 18.0 Å². The number of hydrogen-bond donors (Lipinski definition) is 2. The minimum absolute atomic E-state index is 0.00104. The first-order valence-electron chi connectivity index (χ1n) is 18.6. The number of amides is 3. The zero-order valence-electron chi connectivity index (χ0n) is 31.7. The number of carbonyl (C=O) groups is 4. The van der Waals surface area contributed by atoms with Crippen LogP contribution in [0.2, 0.25) is 0 Å². The number of fused-ring (bicyclic) bond motifs is 3. The maximum Gasteiger partial charge on any atom is 0.306 e. The standard InChI is InChI=1S/C41H49N5O8S/c1-6-30-24-41(30,39(50)44-55(51,52)45(5)25-28-14-9-7-10-15-28)43-36(48)34-22-31-26-46(34)38(49)33(40(2,3)4)23-35(47)53-20-12-8-11-13-27-16-17-29-18-19-42-37(54-31)32(29)21-27/h6-7,9-11,13-19,21,30-31,33-34H,1,8,12,20,22-26H2,2-5H3,(H,43,48)(H,44,50)/b13-11+/t30-,31+,33+,34-,41+/m0/s1. The van der Waals surface area contributed by atoms with Crippen LogP contribution >= 0.6 is 0 Å². The molecule has 3 heterocycles. The molecule has 6 rings (SSSR count). The van der Waals surface area contributed by atoms with Crippen molar-refractivity contribution in [2.24, 2.45) is 17.3 Å². The van der Waals surface area contributed by atoms with E-state index in [1.807, 2.05) is 63.3 Å². The molecule has 0 unspecified atom stereocenters. The molecule has 2 aromatic carbocycles. The molecule has 0 radical (unpaired) electrons. The fourth-order valence-electron chi connectivity index (χ4n) is 7.23. The van der Waals surface area contributed by atoms with Crippen LogP contribution in [0.25, 0.3) is 16.8 Å². The highest BCUT2D eigenvalue weighted by Crippen LogP contribution is 2.45. The van der Waals surface area contributed by atoms with Gasteiger partial charge in [0.25, 0.3) is 5.91 Å². The van der Waals surface area contributed by atoms with Crippen molar-refractivity contribution in [1.82, 2.24) is 24.2 Å². The van der Waals surface area contributed by atoms with E-state index in [-0.39, 0.29) is 39.0 Å². The molecule has 1 aromatic heterocycles. The van der Waals surface area contributed by atoms with E-state index < -0.39 is 68.8 Å². The zero-order valence-corrected chi connectivity index (χ0v) is 32.5. The normalized spacial score (nSPS) is 25.4. The number of carbonyl (C=O) groups excluding carboxylic acids is 4. The molecule has 55 heavy (non-hydrogen) atoms. The summed E-state index contributed by atoms with van der Waals surface area (Å²) >= 11 is 0. The lowest BCUT2D eigenvalue weighted by atomic mass is 9.77. The lowest BCUT2D eigenvalue weighted by Crippen LogP contribution is -2.58. The third kappa shape index (κ3) is 8.91. The molecule has 3 aromatic rings. The second-order valence-electron chi connectivity index (χ2n) is 15.7. The van der Waals surface area contributed by atoms with Crippen molar-refractivity contribution in [3.8, 4) is 5.88 Å². The Hall–Kier alpha value is -5.08. The van der Waals surface area contributed by atoms with E-state index in [2.05, 4.69) is 21.6 Å². The van der Waals surface area contributed by atoms with Crippen LogP contribution < -0.4 is 14.8 Å². The van der Waals surface area contributed by atoms with Crippen LogP contribution in [-0.2, 0) is 40.7 Å². The molecule has 14 heteroatoms. The summed E-state index contributed by atoms with van der Waals surface area (Å²) in [7, 11) is -2.96. The fourth-order valence-corrected chi connectivity index (χ4v) is 8.13. The van der Waals surface area contributed by atoms with Crippen molar-refractivity contribution in [3.63, 3.8) is 0 Å². The number of hydrogen-bond acceptors (Lipinski definition) is 9. The summed E-state index contributed by atoms with van der Waals surface area (Å²) in [5.41, 5.74) is -0.664. The smallest absolute Gasteiger partial charge is 0.306 e. The maximum atomic E-state index is 14.6. The Bertz CT molecular complexity index is 2100. The predicted molar refractivity (Wildman–Crippen MR) is 207 cm³/mol. The summed E-state index contributed by atoms with van der Waals surface area (Å²) in [5.74, 6) is -3.59. The van der Waals surface area contributed by atoms with Gasteiger partial charge >= 0.3 is 16.2 Å².